The Morgan fingerprint density at radius 3 is 2.71 bits per heavy atom. The van der Waals surface area contributed by atoms with E-state index in [0.717, 1.165) is 82.8 Å². The zero-order valence-electron chi connectivity index (χ0n) is 21.4. The molecule has 0 saturated carbocycles. The molecule has 0 radical (unpaired) electrons. The summed E-state index contributed by atoms with van der Waals surface area (Å²) in [5.74, 6) is 2.50. The Labute approximate surface area is 221 Å². The second kappa shape index (κ2) is 10.6. The summed E-state index contributed by atoms with van der Waals surface area (Å²) >= 11 is 0. The van der Waals surface area contributed by atoms with Crippen LogP contribution in [-0.4, -0.2) is 42.8 Å². The summed E-state index contributed by atoms with van der Waals surface area (Å²) in [7, 11) is 0. The zero-order valence-corrected chi connectivity index (χ0v) is 21.4. The molecule has 0 unspecified atom stereocenters. The van der Waals surface area contributed by atoms with E-state index in [0.29, 0.717) is 19.8 Å². The highest BCUT2D eigenvalue weighted by Crippen LogP contribution is 2.43. The van der Waals surface area contributed by atoms with Gasteiger partial charge in [0.05, 0.1) is 31.1 Å². The second-order valence-corrected chi connectivity index (χ2v) is 9.51. The van der Waals surface area contributed by atoms with Gasteiger partial charge in [0.2, 0.25) is 5.56 Å². The molecule has 0 spiro atoms. The summed E-state index contributed by atoms with van der Waals surface area (Å²) in [5.41, 5.74) is 6.61. The first-order valence-electron chi connectivity index (χ1n) is 13.1. The van der Waals surface area contributed by atoms with Gasteiger partial charge in [-0.1, -0.05) is 18.2 Å². The topological polar surface area (TPSA) is 91.5 Å². The van der Waals surface area contributed by atoms with Gasteiger partial charge in [0, 0.05) is 54.6 Å². The fourth-order valence-corrected chi connectivity index (χ4v) is 5.03. The number of morpholine rings is 1. The van der Waals surface area contributed by atoms with Gasteiger partial charge in [-0.2, -0.15) is 0 Å². The molecule has 8 heteroatoms. The van der Waals surface area contributed by atoms with Crippen molar-refractivity contribution >= 4 is 17.2 Å². The van der Waals surface area contributed by atoms with Gasteiger partial charge in [-0.15, -0.1) is 0 Å². The molecule has 2 aliphatic heterocycles. The lowest BCUT2D eigenvalue weighted by Crippen LogP contribution is -2.36. The number of pyridine rings is 2. The molecular weight excluding hydrogens is 478 g/mol. The highest BCUT2D eigenvalue weighted by molar-refractivity contribution is 5.74. The Bertz CT molecular complexity index is 1510. The maximum Gasteiger partial charge on any atom is 0.250 e. The quantitative estimate of drug-likeness (QED) is 0.284. The summed E-state index contributed by atoms with van der Waals surface area (Å²) in [4.78, 5) is 22.4. The molecule has 0 atom stereocenters. The largest absolute Gasteiger partial charge is 0.456 e. The van der Waals surface area contributed by atoms with Gasteiger partial charge in [-0.3, -0.25) is 4.79 Å². The predicted molar refractivity (Wildman–Crippen MR) is 151 cm³/mol. The number of nitrogens with one attached hydrogen (secondary N) is 3. The number of nitrogens with zero attached hydrogens (tertiary/aromatic N) is 2. The molecule has 2 aliphatic rings. The molecule has 3 N–H and O–H groups in total. The van der Waals surface area contributed by atoms with Gasteiger partial charge in [0.25, 0.3) is 0 Å². The van der Waals surface area contributed by atoms with Crippen molar-refractivity contribution in [3.8, 4) is 22.8 Å². The number of rotatable bonds is 7. The van der Waals surface area contributed by atoms with Crippen LogP contribution in [-0.2, 0) is 17.7 Å². The van der Waals surface area contributed by atoms with Crippen molar-refractivity contribution in [2.75, 3.05) is 48.4 Å². The standard InChI is InChI=1S/C30H31N5O3/c1-2-31-28-8-4-6-23(33-28)19-32-22-9-10-27-21(16-22)15-20-5-3-7-25(30(20)38-27)26-17-24(18-29(36)34-26)35-11-13-37-14-12-35/h3-10,16-18,32H,2,11-15,19H2,1H3,(H,31,33)(H,34,36). The maximum atomic E-state index is 12.6. The number of aromatic amines is 1. The van der Waals surface area contributed by atoms with Gasteiger partial charge < -0.3 is 30.0 Å². The number of H-pyrrole nitrogens is 1. The zero-order chi connectivity index (χ0) is 25.9. The van der Waals surface area contributed by atoms with Crippen LogP contribution in [0.1, 0.15) is 23.7 Å². The van der Waals surface area contributed by atoms with Crippen molar-refractivity contribution in [2.24, 2.45) is 0 Å². The molecule has 0 amide bonds. The van der Waals surface area contributed by atoms with Crippen molar-refractivity contribution in [3.63, 3.8) is 0 Å². The lowest BCUT2D eigenvalue weighted by molar-refractivity contribution is 0.122. The number of aromatic nitrogens is 2. The van der Waals surface area contributed by atoms with Gasteiger partial charge in [-0.25, -0.2) is 4.98 Å². The van der Waals surface area contributed by atoms with E-state index in [2.05, 4.69) is 44.6 Å². The Morgan fingerprint density at radius 1 is 0.974 bits per heavy atom. The van der Waals surface area contributed by atoms with E-state index in [9.17, 15) is 4.79 Å². The summed E-state index contributed by atoms with van der Waals surface area (Å²) in [6.07, 6.45) is 0.746. The molecule has 6 rings (SSSR count). The van der Waals surface area contributed by atoms with E-state index in [1.54, 1.807) is 6.07 Å². The van der Waals surface area contributed by atoms with Crippen LogP contribution in [0.2, 0.25) is 0 Å². The van der Waals surface area contributed by atoms with Crippen LogP contribution in [0, 0.1) is 0 Å². The van der Waals surface area contributed by atoms with Crippen LogP contribution in [0.3, 0.4) is 0 Å². The van der Waals surface area contributed by atoms with E-state index in [-0.39, 0.29) is 5.56 Å². The monoisotopic (exact) mass is 509 g/mol. The third-order valence-corrected chi connectivity index (χ3v) is 6.88. The molecule has 2 aromatic heterocycles. The molecule has 4 aromatic rings. The van der Waals surface area contributed by atoms with E-state index < -0.39 is 0 Å². The summed E-state index contributed by atoms with van der Waals surface area (Å²) in [6.45, 7) is 6.40. The predicted octanol–water partition coefficient (Wildman–Crippen LogP) is 5.01. The maximum absolute atomic E-state index is 12.6. The number of para-hydroxylation sites is 1. The van der Waals surface area contributed by atoms with Gasteiger partial charge >= 0.3 is 0 Å². The molecule has 2 aromatic carbocycles. The van der Waals surface area contributed by atoms with Gasteiger partial charge in [0.15, 0.2) is 0 Å². The summed E-state index contributed by atoms with van der Waals surface area (Å²) in [5, 5.41) is 6.74. The fourth-order valence-electron chi connectivity index (χ4n) is 5.03. The van der Waals surface area contributed by atoms with Crippen molar-refractivity contribution < 1.29 is 9.47 Å². The van der Waals surface area contributed by atoms with Crippen LogP contribution < -0.4 is 25.8 Å². The SMILES string of the molecule is CCNc1cccc(CNc2ccc3c(c2)Cc2cccc(-c4cc(N5CCOCC5)cc(=O)[nH]4)c2O3)n1. The van der Waals surface area contributed by atoms with Crippen molar-refractivity contribution in [2.45, 2.75) is 19.9 Å². The second-order valence-electron chi connectivity index (χ2n) is 9.51. The number of benzene rings is 2. The average molecular weight is 510 g/mol. The van der Waals surface area contributed by atoms with Crippen LogP contribution >= 0.6 is 0 Å². The fraction of sp³-hybridized carbons (Fsp3) is 0.267. The lowest BCUT2D eigenvalue weighted by Gasteiger charge is -2.29. The minimum Gasteiger partial charge on any atom is -0.456 e. The molecule has 1 fully saturated rings. The molecular formula is C30H31N5O3. The highest BCUT2D eigenvalue weighted by Gasteiger charge is 2.22. The first kappa shape index (κ1) is 24.1. The Kier molecular flexibility index (Phi) is 6.71. The highest BCUT2D eigenvalue weighted by atomic mass is 16.5. The van der Waals surface area contributed by atoms with E-state index in [4.69, 9.17) is 9.47 Å². The Hall–Kier alpha value is -4.30. The van der Waals surface area contributed by atoms with Crippen molar-refractivity contribution in [1.82, 2.24) is 9.97 Å². The molecule has 0 bridgehead atoms. The number of hydrogen-bond donors (Lipinski definition) is 3. The van der Waals surface area contributed by atoms with Gasteiger partial charge in [-0.05, 0) is 55.0 Å². The number of fused-ring (bicyclic) bond motifs is 2. The normalized spacial score (nSPS) is 14.3. The smallest absolute Gasteiger partial charge is 0.250 e. The molecule has 0 aliphatic carbocycles. The molecule has 8 nitrogen and oxygen atoms in total. The number of ether oxygens (including phenoxy) is 2. The first-order valence-corrected chi connectivity index (χ1v) is 13.1. The lowest BCUT2D eigenvalue weighted by atomic mass is 9.96. The Morgan fingerprint density at radius 2 is 1.84 bits per heavy atom. The van der Waals surface area contributed by atoms with Crippen LogP contribution in [0.15, 0.2) is 71.5 Å². The molecule has 194 valence electrons. The minimum absolute atomic E-state index is 0.126. The summed E-state index contributed by atoms with van der Waals surface area (Å²) < 4.78 is 11.9. The summed E-state index contributed by atoms with van der Waals surface area (Å²) in [6, 6.07) is 22.0. The molecule has 38 heavy (non-hydrogen) atoms. The van der Waals surface area contributed by atoms with Crippen LogP contribution in [0.4, 0.5) is 17.2 Å². The van der Waals surface area contributed by atoms with E-state index in [1.807, 2.05) is 48.5 Å². The van der Waals surface area contributed by atoms with Crippen LogP contribution in [0.25, 0.3) is 11.3 Å². The Balaban J connectivity index is 1.23. The average Bonchev–Trinajstić information content (AvgIpc) is 2.95. The van der Waals surface area contributed by atoms with Crippen molar-refractivity contribution in [3.05, 3.63) is 93.9 Å². The number of hydrogen-bond acceptors (Lipinski definition) is 7. The first-order chi connectivity index (χ1) is 18.7. The van der Waals surface area contributed by atoms with Gasteiger partial charge in [0.1, 0.15) is 17.3 Å². The van der Waals surface area contributed by atoms with Crippen LogP contribution in [0.5, 0.6) is 11.5 Å². The van der Waals surface area contributed by atoms with E-state index >= 15 is 0 Å². The van der Waals surface area contributed by atoms with Crippen molar-refractivity contribution in [1.29, 1.82) is 0 Å². The third-order valence-electron chi connectivity index (χ3n) is 6.88. The van der Waals surface area contributed by atoms with E-state index in [1.165, 1.54) is 0 Å². The minimum atomic E-state index is -0.126. The molecule has 1 saturated heterocycles. The third kappa shape index (κ3) is 5.08. The molecule has 4 heterocycles. The number of anilines is 3.